The molecule has 0 saturated carbocycles. The largest absolute Gasteiger partial charge is 0.490 e. The first-order valence-corrected chi connectivity index (χ1v) is 11.0. The summed E-state index contributed by atoms with van der Waals surface area (Å²) >= 11 is 0. The number of nitrogens with one attached hydrogen (secondary N) is 1. The number of rotatable bonds is 7. The average Bonchev–Trinajstić information content (AvgIpc) is 3.03. The van der Waals surface area contributed by atoms with E-state index in [0.717, 1.165) is 11.1 Å². The molecule has 3 aromatic carbocycles. The highest BCUT2D eigenvalue weighted by atomic mass is 16.5. The standard InChI is InChI=1S/C28H25NO5/c1-4-33-25-15-19(14-23-27(31)21-7-5-6-8-22(21)28(23)32)9-10-24(25)34-16-26(30)29-20-12-17(2)11-18(3)13-20/h5-15H,4,16H2,1-3H3,(H,29,30). The fraction of sp³-hybridized carbons (Fsp3) is 0.179. The molecular weight excluding hydrogens is 430 g/mol. The smallest absolute Gasteiger partial charge is 0.262 e. The molecule has 4 rings (SSSR count). The highest BCUT2D eigenvalue weighted by molar-refractivity contribution is 6.41. The van der Waals surface area contributed by atoms with Gasteiger partial charge in [0.2, 0.25) is 0 Å². The van der Waals surface area contributed by atoms with Crippen molar-refractivity contribution in [1.29, 1.82) is 0 Å². The summed E-state index contributed by atoms with van der Waals surface area (Å²) in [4.78, 5) is 37.7. The number of anilines is 1. The van der Waals surface area contributed by atoms with Crippen molar-refractivity contribution in [2.45, 2.75) is 20.8 Å². The monoisotopic (exact) mass is 455 g/mol. The predicted molar refractivity (Wildman–Crippen MR) is 131 cm³/mol. The van der Waals surface area contributed by atoms with E-state index in [1.807, 2.05) is 39.0 Å². The zero-order valence-electron chi connectivity index (χ0n) is 19.3. The Morgan fingerprint density at radius 3 is 2.12 bits per heavy atom. The van der Waals surface area contributed by atoms with Crippen molar-refractivity contribution in [3.05, 3.63) is 94.1 Å². The number of aryl methyl sites for hydroxylation is 2. The normalized spacial score (nSPS) is 12.4. The first kappa shape index (κ1) is 23.0. The zero-order valence-corrected chi connectivity index (χ0v) is 19.3. The van der Waals surface area contributed by atoms with Gasteiger partial charge in [0.1, 0.15) is 0 Å². The summed E-state index contributed by atoms with van der Waals surface area (Å²) in [7, 11) is 0. The van der Waals surface area contributed by atoms with Crippen molar-refractivity contribution in [1.82, 2.24) is 0 Å². The van der Waals surface area contributed by atoms with E-state index in [9.17, 15) is 14.4 Å². The van der Waals surface area contributed by atoms with E-state index >= 15 is 0 Å². The summed E-state index contributed by atoms with van der Waals surface area (Å²) in [5, 5.41) is 2.83. The van der Waals surface area contributed by atoms with Gasteiger partial charge in [-0.05, 0) is 67.8 Å². The minimum absolute atomic E-state index is 0.116. The van der Waals surface area contributed by atoms with Crippen LogP contribution in [0.15, 0.2) is 66.2 Å². The number of hydrogen-bond acceptors (Lipinski definition) is 5. The molecule has 0 spiro atoms. The minimum atomic E-state index is -0.293. The molecule has 1 N–H and O–H groups in total. The molecule has 0 atom stereocenters. The molecule has 172 valence electrons. The number of fused-ring (bicyclic) bond motifs is 1. The van der Waals surface area contributed by atoms with Gasteiger partial charge in [-0.15, -0.1) is 0 Å². The molecular formula is C28H25NO5. The molecule has 1 aliphatic carbocycles. The van der Waals surface area contributed by atoms with E-state index in [2.05, 4.69) is 5.32 Å². The molecule has 0 radical (unpaired) electrons. The van der Waals surface area contributed by atoms with E-state index in [1.165, 1.54) is 0 Å². The van der Waals surface area contributed by atoms with E-state index < -0.39 is 0 Å². The molecule has 6 nitrogen and oxygen atoms in total. The average molecular weight is 456 g/mol. The van der Waals surface area contributed by atoms with E-state index in [1.54, 1.807) is 48.5 Å². The third-order valence-electron chi connectivity index (χ3n) is 5.35. The number of ether oxygens (including phenoxy) is 2. The second-order valence-corrected chi connectivity index (χ2v) is 8.11. The maximum absolute atomic E-state index is 12.7. The Bertz CT molecular complexity index is 1260. The summed E-state index contributed by atoms with van der Waals surface area (Å²) in [5.41, 5.74) is 4.40. The molecule has 1 amide bonds. The van der Waals surface area contributed by atoms with Crippen LogP contribution in [0.3, 0.4) is 0 Å². The Labute approximate surface area is 198 Å². The van der Waals surface area contributed by atoms with Gasteiger partial charge in [0.05, 0.1) is 12.2 Å². The second kappa shape index (κ2) is 9.75. The summed E-state index contributed by atoms with van der Waals surface area (Å²) in [6.07, 6.45) is 1.56. The molecule has 0 aromatic heterocycles. The van der Waals surface area contributed by atoms with Gasteiger partial charge < -0.3 is 14.8 Å². The number of benzene rings is 3. The molecule has 34 heavy (non-hydrogen) atoms. The van der Waals surface area contributed by atoms with Crippen molar-refractivity contribution in [2.75, 3.05) is 18.5 Å². The van der Waals surface area contributed by atoms with Gasteiger partial charge in [0, 0.05) is 16.8 Å². The molecule has 0 heterocycles. The highest BCUT2D eigenvalue weighted by Gasteiger charge is 2.32. The van der Waals surface area contributed by atoms with Crippen LogP contribution >= 0.6 is 0 Å². The lowest BCUT2D eigenvalue weighted by atomic mass is 10.1. The second-order valence-electron chi connectivity index (χ2n) is 8.11. The Morgan fingerprint density at radius 2 is 1.50 bits per heavy atom. The third-order valence-corrected chi connectivity index (χ3v) is 5.35. The lowest BCUT2D eigenvalue weighted by Crippen LogP contribution is -2.20. The van der Waals surface area contributed by atoms with Crippen molar-refractivity contribution in [3.63, 3.8) is 0 Å². The molecule has 1 aliphatic rings. The van der Waals surface area contributed by atoms with Gasteiger partial charge in [-0.2, -0.15) is 0 Å². The van der Waals surface area contributed by atoms with Crippen LogP contribution < -0.4 is 14.8 Å². The topological polar surface area (TPSA) is 81.7 Å². The van der Waals surface area contributed by atoms with Gasteiger partial charge >= 0.3 is 0 Å². The zero-order chi connectivity index (χ0) is 24.2. The molecule has 3 aromatic rings. The summed E-state index contributed by atoms with van der Waals surface area (Å²) in [6, 6.07) is 17.7. The molecule has 6 heteroatoms. The van der Waals surface area contributed by atoms with Crippen LogP contribution in [0, 0.1) is 13.8 Å². The van der Waals surface area contributed by atoms with Gasteiger partial charge in [-0.3, -0.25) is 14.4 Å². The number of carbonyl (C=O) groups is 3. The summed E-state index contributed by atoms with van der Waals surface area (Å²) in [6.45, 7) is 5.96. The summed E-state index contributed by atoms with van der Waals surface area (Å²) < 4.78 is 11.4. The van der Waals surface area contributed by atoms with Gasteiger partial charge in [0.25, 0.3) is 5.91 Å². The number of ketones is 2. The fourth-order valence-corrected chi connectivity index (χ4v) is 3.96. The summed E-state index contributed by atoms with van der Waals surface area (Å²) in [5.74, 6) is -0.0548. The molecule has 0 unspecified atom stereocenters. The Balaban J connectivity index is 1.50. The minimum Gasteiger partial charge on any atom is -0.490 e. The van der Waals surface area contributed by atoms with Crippen molar-refractivity contribution in [3.8, 4) is 11.5 Å². The number of hydrogen-bond donors (Lipinski definition) is 1. The molecule has 0 aliphatic heterocycles. The lowest BCUT2D eigenvalue weighted by molar-refractivity contribution is -0.118. The number of amides is 1. The molecule has 0 fully saturated rings. The maximum atomic E-state index is 12.7. The lowest BCUT2D eigenvalue weighted by Gasteiger charge is -2.13. The Morgan fingerprint density at radius 1 is 0.853 bits per heavy atom. The SMILES string of the molecule is CCOc1cc(C=C2C(=O)c3ccccc3C2=O)ccc1OCC(=O)Nc1cc(C)cc(C)c1. The Kier molecular flexibility index (Phi) is 6.59. The van der Waals surface area contributed by atoms with Crippen molar-refractivity contribution >= 4 is 29.2 Å². The quantitative estimate of drug-likeness (QED) is 0.392. The van der Waals surface area contributed by atoms with Crippen LogP contribution in [0.25, 0.3) is 6.08 Å². The van der Waals surface area contributed by atoms with Crippen LogP contribution in [-0.4, -0.2) is 30.7 Å². The number of carbonyl (C=O) groups excluding carboxylic acids is 3. The predicted octanol–water partition coefficient (Wildman–Crippen LogP) is 5.18. The van der Waals surface area contributed by atoms with E-state index in [4.69, 9.17) is 9.47 Å². The van der Waals surface area contributed by atoms with Gasteiger partial charge in [0.15, 0.2) is 29.7 Å². The van der Waals surface area contributed by atoms with Crippen LogP contribution in [0.2, 0.25) is 0 Å². The fourth-order valence-electron chi connectivity index (χ4n) is 3.96. The van der Waals surface area contributed by atoms with E-state index in [-0.39, 0.29) is 29.7 Å². The van der Waals surface area contributed by atoms with Crippen LogP contribution in [0.4, 0.5) is 5.69 Å². The number of allylic oxidation sites excluding steroid dienone is 1. The number of Topliss-reactive ketones (excluding diaryl/α,β-unsaturated/α-hetero) is 2. The van der Waals surface area contributed by atoms with Crippen molar-refractivity contribution < 1.29 is 23.9 Å². The third kappa shape index (κ3) is 4.91. The highest BCUT2D eigenvalue weighted by Crippen LogP contribution is 2.32. The van der Waals surface area contributed by atoms with Crippen LogP contribution in [0.1, 0.15) is 44.3 Å². The van der Waals surface area contributed by atoms with Crippen LogP contribution in [-0.2, 0) is 4.79 Å². The van der Waals surface area contributed by atoms with Crippen LogP contribution in [0.5, 0.6) is 11.5 Å². The maximum Gasteiger partial charge on any atom is 0.262 e. The first-order valence-electron chi connectivity index (χ1n) is 11.0. The van der Waals surface area contributed by atoms with E-state index in [0.29, 0.717) is 40.5 Å². The molecule has 0 saturated heterocycles. The molecule has 0 bridgehead atoms. The van der Waals surface area contributed by atoms with Crippen molar-refractivity contribution in [2.24, 2.45) is 0 Å². The van der Waals surface area contributed by atoms with Gasteiger partial charge in [-0.1, -0.05) is 36.4 Å². The first-order chi connectivity index (χ1) is 16.4. The van der Waals surface area contributed by atoms with Gasteiger partial charge in [-0.25, -0.2) is 0 Å². The Hall–Kier alpha value is -4.19.